The zero-order valence-corrected chi connectivity index (χ0v) is 26.0. The van der Waals surface area contributed by atoms with Crippen LogP contribution in [0.4, 0.5) is 72.8 Å². The molecule has 22 heteroatoms. The lowest BCUT2D eigenvalue weighted by atomic mass is 9.86. The molecule has 0 radical (unpaired) electrons. The van der Waals surface area contributed by atoms with E-state index in [4.69, 9.17) is 4.84 Å². The fraction of sp³-hybridized carbons (Fsp3) is 0.286. The number of aromatic nitrogens is 1. The van der Waals surface area contributed by atoms with E-state index >= 15 is 8.78 Å². The van der Waals surface area contributed by atoms with Crippen LogP contribution in [0.2, 0.25) is 0 Å². The molecule has 1 aliphatic carbocycles. The number of benzene rings is 2. The highest BCUT2D eigenvalue weighted by molar-refractivity contribution is 14.1. The largest absolute Gasteiger partial charge is 0.457 e. The van der Waals surface area contributed by atoms with Gasteiger partial charge < -0.3 is 10.2 Å². The number of carbonyl (C=O) groups is 3. The first-order valence-corrected chi connectivity index (χ1v) is 14.3. The highest BCUT2D eigenvalue weighted by Crippen LogP contribution is 2.59. The summed E-state index contributed by atoms with van der Waals surface area (Å²) in [6.07, 6.45) is -19.1. The number of hydrogen-bond acceptors (Lipinski definition) is 5. The van der Waals surface area contributed by atoms with Crippen LogP contribution in [0, 0.1) is 21.3 Å². The van der Waals surface area contributed by atoms with Crippen molar-refractivity contribution in [2.45, 2.75) is 43.0 Å². The fourth-order valence-corrected chi connectivity index (χ4v) is 4.97. The van der Waals surface area contributed by atoms with Gasteiger partial charge in [0.1, 0.15) is 5.69 Å². The third-order valence-electron chi connectivity index (χ3n) is 6.90. The number of amides is 2. The van der Waals surface area contributed by atoms with Gasteiger partial charge in [-0.1, -0.05) is 6.07 Å². The maximum atomic E-state index is 15.8. The van der Waals surface area contributed by atoms with Crippen molar-refractivity contribution in [3.8, 4) is 0 Å². The number of pyridine rings is 1. The summed E-state index contributed by atoms with van der Waals surface area (Å²) < 4.78 is 192. The smallest absolute Gasteiger partial charge is 0.332 e. The van der Waals surface area contributed by atoms with Crippen LogP contribution < -0.4 is 10.4 Å². The Balaban J connectivity index is 1.81. The second-order valence-corrected chi connectivity index (χ2v) is 11.5. The molecule has 1 heterocycles. The minimum absolute atomic E-state index is 0.0280. The van der Waals surface area contributed by atoms with Gasteiger partial charge in [-0.15, -0.1) is 5.06 Å². The summed E-state index contributed by atoms with van der Waals surface area (Å²) in [5.41, 5.74) is -16.5. The van der Waals surface area contributed by atoms with Crippen molar-refractivity contribution in [3.05, 3.63) is 86.3 Å². The first-order valence-electron chi connectivity index (χ1n) is 13.2. The number of nitrogens with one attached hydrogen (secondary N) is 1. The van der Waals surface area contributed by atoms with Gasteiger partial charge >= 0.3 is 36.1 Å². The topological polar surface area (TPSA) is 88.6 Å². The van der Waals surface area contributed by atoms with Crippen LogP contribution in [0.5, 0.6) is 0 Å². The lowest BCUT2D eigenvalue weighted by molar-refractivity contribution is -0.389. The fourth-order valence-electron chi connectivity index (χ4n) is 4.21. The summed E-state index contributed by atoms with van der Waals surface area (Å²) in [4.78, 5) is 46.8. The third-order valence-corrected chi connectivity index (χ3v) is 7.75. The van der Waals surface area contributed by atoms with Crippen molar-refractivity contribution in [2.24, 2.45) is 5.92 Å². The van der Waals surface area contributed by atoms with Gasteiger partial charge in [0, 0.05) is 15.3 Å². The van der Waals surface area contributed by atoms with E-state index in [1.54, 1.807) is 0 Å². The number of halogens is 15. The van der Waals surface area contributed by atoms with Gasteiger partial charge in [-0.2, -0.15) is 52.7 Å². The number of rotatable bonds is 7. The van der Waals surface area contributed by atoms with Gasteiger partial charge in [0.2, 0.25) is 5.95 Å². The Kier molecular flexibility index (Phi) is 10.1. The molecule has 0 saturated heterocycles. The van der Waals surface area contributed by atoms with Crippen molar-refractivity contribution >= 4 is 51.7 Å². The van der Waals surface area contributed by atoms with E-state index in [2.05, 4.69) is 4.98 Å². The molecule has 2 amide bonds. The molecule has 50 heavy (non-hydrogen) atoms. The van der Waals surface area contributed by atoms with E-state index in [-0.39, 0.29) is 5.06 Å². The summed E-state index contributed by atoms with van der Waals surface area (Å²) in [5, 5.41) is 1.48. The van der Waals surface area contributed by atoms with Crippen LogP contribution in [-0.4, -0.2) is 41.0 Å². The molecule has 270 valence electrons. The van der Waals surface area contributed by atoms with Crippen molar-refractivity contribution in [1.29, 1.82) is 0 Å². The van der Waals surface area contributed by atoms with Gasteiger partial charge in [0.15, 0.2) is 5.82 Å². The minimum Gasteiger partial charge on any atom is -0.332 e. The number of alkyl halides is 12. The summed E-state index contributed by atoms with van der Waals surface area (Å²) >= 11 is 0.679. The zero-order chi connectivity index (χ0) is 37.8. The molecular weight excluding hydrogens is 835 g/mol. The average Bonchev–Trinajstić information content (AvgIpc) is 3.85. The highest BCUT2D eigenvalue weighted by atomic mass is 127. The number of hydroxylamine groups is 1. The molecule has 7 nitrogen and oxygen atoms in total. The molecule has 1 N–H and O–H groups in total. The van der Waals surface area contributed by atoms with Crippen molar-refractivity contribution in [2.75, 3.05) is 10.4 Å². The lowest BCUT2D eigenvalue weighted by Gasteiger charge is -2.36. The normalized spacial score (nSPS) is 15.3. The Hall–Kier alpha value is -4.25. The predicted molar refractivity (Wildman–Crippen MR) is 148 cm³/mol. The van der Waals surface area contributed by atoms with Crippen LogP contribution in [0.25, 0.3) is 0 Å². The standard InChI is InChI=1S/C28H14F14IN3O4/c29-18-7-6-12(10-44-18)22(48)46(50-23(49)11-4-5-11)17-3-1-2-14(19(17)30)21(47)45-20-15(25(32,33)34)8-13(9-16(20)43)24(31,27(37,38)39)26(35,36)28(40,41)42/h1-3,6-11H,4-5H2,(H,45,47). The Morgan fingerprint density at radius 1 is 0.860 bits per heavy atom. The first kappa shape index (κ1) is 38.6. The van der Waals surface area contributed by atoms with Crippen LogP contribution in [0.3, 0.4) is 0 Å². The van der Waals surface area contributed by atoms with Crippen LogP contribution in [0.1, 0.15) is 44.7 Å². The van der Waals surface area contributed by atoms with E-state index in [0.717, 1.165) is 18.2 Å². The Bertz CT molecular complexity index is 1830. The van der Waals surface area contributed by atoms with Crippen LogP contribution >= 0.6 is 22.6 Å². The molecular formula is C28H14F14IN3O4. The maximum Gasteiger partial charge on any atom is 0.457 e. The summed E-state index contributed by atoms with van der Waals surface area (Å²) in [6, 6.07) is 2.22. The molecule has 0 aliphatic heterocycles. The van der Waals surface area contributed by atoms with Gasteiger partial charge in [-0.05, 0) is 71.8 Å². The molecule has 1 aromatic heterocycles. The Morgan fingerprint density at radius 2 is 1.48 bits per heavy atom. The second-order valence-electron chi connectivity index (χ2n) is 10.4. The van der Waals surface area contributed by atoms with Gasteiger partial charge in [0.05, 0.1) is 28.3 Å². The molecule has 1 aliphatic rings. The Morgan fingerprint density at radius 3 is 1.98 bits per heavy atom. The molecule has 1 unspecified atom stereocenters. The van der Waals surface area contributed by atoms with Crippen LogP contribution in [0.15, 0.2) is 48.7 Å². The van der Waals surface area contributed by atoms with Crippen molar-refractivity contribution in [3.63, 3.8) is 0 Å². The maximum absolute atomic E-state index is 15.8. The molecule has 2 aromatic carbocycles. The first-order chi connectivity index (χ1) is 22.8. The van der Waals surface area contributed by atoms with E-state index in [9.17, 15) is 67.1 Å². The van der Waals surface area contributed by atoms with Gasteiger partial charge in [-0.25, -0.2) is 18.6 Å². The molecule has 4 rings (SSSR count). The van der Waals surface area contributed by atoms with Gasteiger partial charge in [-0.3, -0.25) is 9.59 Å². The average molecular weight is 849 g/mol. The van der Waals surface area contributed by atoms with E-state index < -0.39 is 115 Å². The summed E-state index contributed by atoms with van der Waals surface area (Å²) in [6.45, 7) is 0. The molecule has 0 bridgehead atoms. The molecule has 1 fully saturated rings. The summed E-state index contributed by atoms with van der Waals surface area (Å²) in [7, 11) is 0. The number of anilines is 2. The second kappa shape index (κ2) is 13.1. The SMILES string of the molecule is O=C(Nc1c(I)cc(C(F)(C(F)(F)F)C(F)(F)C(F)(F)F)cc1C(F)(F)F)c1cccc(N(OC(=O)C2CC2)C(=O)c2ccc(F)nc2)c1F. The molecule has 1 atom stereocenters. The Labute approximate surface area is 282 Å². The third kappa shape index (κ3) is 7.15. The van der Waals surface area contributed by atoms with Crippen molar-refractivity contribution < 1.29 is 80.7 Å². The van der Waals surface area contributed by atoms with Gasteiger partial charge in [0.25, 0.3) is 11.8 Å². The zero-order valence-electron chi connectivity index (χ0n) is 23.8. The minimum atomic E-state index is -7.32. The molecule has 0 spiro atoms. The van der Waals surface area contributed by atoms with E-state index in [0.29, 0.717) is 53.8 Å². The van der Waals surface area contributed by atoms with Crippen LogP contribution in [-0.2, 0) is 21.5 Å². The molecule has 1 saturated carbocycles. The lowest BCUT2D eigenvalue weighted by Crippen LogP contribution is -2.59. The predicted octanol–water partition coefficient (Wildman–Crippen LogP) is 8.68. The highest BCUT2D eigenvalue weighted by Gasteiger charge is 2.82. The summed E-state index contributed by atoms with van der Waals surface area (Å²) in [5.74, 6) is -15.2. The van der Waals surface area contributed by atoms with Crippen molar-refractivity contribution in [1.82, 2.24) is 4.98 Å². The number of nitrogens with zero attached hydrogens (tertiary/aromatic N) is 2. The van der Waals surface area contributed by atoms with E-state index in [1.165, 1.54) is 5.32 Å². The monoisotopic (exact) mass is 849 g/mol. The van der Waals surface area contributed by atoms with E-state index in [1.807, 2.05) is 0 Å². The molecule has 3 aromatic rings. The number of hydrogen-bond donors (Lipinski definition) is 1. The quantitative estimate of drug-likeness (QED) is 0.111. The number of carbonyl (C=O) groups excluding carboxylic acids is 3.